The fraction of sp³-hybridized carbons (Fsp3) is 0.467. The van der Waals surface area contributed by atoms with Crippen LogP contribution in [0.5, 0.6) is 5.88 Å². The zero-order valence-electron chi connectivity index (χ0n) is 13.5. The number of nitrogens with zero attached hydrogens (tertiary/aromatic N) is 3. The van der Waals surface area contributed by atoms with Gasteiger partial charge in [-0.15, -0.1) is 0 Å². The molecule has 0 radical (unpaired) electrons. The first-order valence-electron chi connectivity index (χ1n) is 7.23. The van der Waals surface area contributed by atoms with Crippen molar-refractivity contribution in [3.63, 3.8) is 0 Å². The van der Waals surface area contributed by atoms with Crippen LogP contribution in [0.25, 0.3) is 5.82 Å². The van der Waals surface area contributed by atoms with Crippen molar-refractivity contribution < 1.29 is 14.0 Å². The first-order chi connectivity index (χ1) is 10.4. The van der Waals surface area contributed by atoms with Gasteiger partial charge in [-0.1, -0.05) is 0 Å². The maximum atomic E-state index is 6.14. The van der Waals surface area contributed by atoms with E-state index in [4.69, 9.17) is 14.0 Å². The number of rotatable bonds is 3. The van der Waals surface area contributed by atoms with Gasteiger partial charge in [-0.05, 0) is 39.8 Å². The van der Waals surface area contributed by atoms with Crippen LogP contribution < -0.4 is 10.2 Å². The van der Waals surface area contributed by atoms with Crippen molar-refractivity contribution in [2.75, 3.05) is 7.11 Å². The molecule has 0 saturated carbocycles. The molecule has 3 heterocycles. The van der Waals surface area contributed by atoms with Crippen molar-refractivity contribution in [1.29, 1.82) is 0 Å². The monoisotopic (exact) mass is 301 g/mol. The van der Waals surface area contributed by atoms with Crippen molar-refractivity contribution in [3.05, 3.63) is 30.9 Å². The van der Waals surface area contributed by atoms with Crippen LogP contribution >= 0.6 is 0 Å². The topological polar surface area (TPSA) is 58.4 Å². The lowest BCUT2D eigenvalue weighted by molar-refractivity contribution is 0.00578. The van der Waals surface area contributed by atoms with E-state index in [1.807, 2.05) is 56.8 Å². The van der Waals surface area contributed by atoms with Gasteiger partial charge in [-0.25, -0.2) is 9.97 Å². The second kappa shape index (κ2) is 5.10. The Morgan fingerprint density at radius 3 is 2.18 bits per heavy atom. The molecule has 0 N–H and O–H groups in total. The predicted molar refractivity (Wildman–Crippen MR) is 83.6 cm³/mol. The molecule has 1 aliphatic rings. The molecule has 0 amide bonds. The van der Waals surface area contributed by atoms with E-state index >= 15 is 0 Å². The summed E-state index contributed by atoms with van der Waals surface area (Å²) in [5.74, 6) is 1.15. The Labute approximate surface area is 130 Å². The summed E-state index contributed by atoms with van der Waals surface area (Å²) < 4.78 is 19.6. The van der Waals surface area contributed by atoms with Crippen LogP contribution in [0, 0.1) is 0 Å². The molecule has 1 aliphatic heterocycles. The molecule has 116 valence electrons. The van der Waals surface area contributed by atoms with E-state index in [-0.39, 0.29) is 0 Å². The van der Waals surface area contributed by atoms with Crippen molar-refractivity contribution in [3.8, 4) is 11.7 Å². The summed E-state index contributed by atoms with van der Waals surface area (Å²) in [7, 11) is 0.995. The smallest absolute Gasteiger partial charge is 0.481 e. The Bertz CT molecular complexity index is 655. The lowest BCUT2D eigenvalue weighted by Gasteiger charge is -2.32. The van der Waals surface area contributed by atoms with Gasteiger partial charge in [-0.3, -0.25) is 0 Å². The largest absolute Gasteiger partial charge is 0.504 e. The molecule has 2 aromatic rings. The van der Waals surface area contributed by atoms with Gasteiger partial charge < -0.3 is 18.6 Å². The molecule has 7 heteroatoms. The highest BCUT2D eigenvalue weighted by Crippen LogP contribution is 2.37. The summed E-state index contributed by atoms with van der Waals surface area (Å²) in [4.78, 5) is 8.58. The highest BCUT2D eigenvalue weighted by Gasteiger charge is 2.53. The first-order valence-corrected chi connectivity index (χ1v) is 7.23. The van der Waals surface area contributed by atoms with Gasteiger partial charge in [0.25, 0.3) is 0 Å². The molecule has 1 saturated heterocycles. The zero-order chi connectivity index (χ0) is 16.0. The second-order valence-electron chi connectivity index (χ2n) is 6.30. The lowest BCUT2D eigenvalue weighted by Crippen LogP contribution is -2.41. The summed E-state index contributed by atoms with van der Waals surface area (Å²) >= 11 is 0. The molecule has 0 spiro atoms. The molecule has 22 heavy (non-hydrogen) atoms. The van der Waals surface area contributed by atoms with Crippen LogP contribution in [0.4, 0.5) is 0 Å². The molecule has 0 aromatic carbocycles. The average Bonchev–Trinajstić information content (AvgIpc) is 3.05. The molecule has 1 fully saturated rings. The zero-order valence-corrected chi connectivity index (χ0v) is 13.5. The minimum Gasteiger partial charge on any atom is -0.481 e. The van der Waals surface area contributed by atoms with Crippen molar-refractivity contribution in [2.24, 2.45) is 0 Å². The Morgan fingerprint density at radius 1 is 1.05 bits per heavy atom. The SMILES string of the molecule is COc1ncnc(-n2cccc2)c1B1OC(C)(C)C(C)(C)O1. The number of ether oxygens (including phenoxy) is 1. The van der Waals surface area contributed by atoms with E-state index in [1.54, 1.807) is 7.11 Å². The number of hydrogen-bond acceptors (Lipinski definition) is 5. The number of aromatic nitrogens is 3. The third-order valence-corrected chi connectivity index (χ3v) is 4.36. The summed E-state index contributed by atoms with van der Waals surface area (Å²) in [6.07, 6.45) is 5.30. The molecular formula is C15H20BN3O3. The van der Waals surface area contributed by atoms with Crippen molar-refractivity contribution >= 4 is 12.6 Å². The molecule has 3 rings (SSSR count). The third-order valence-electron chi connectivity index (χ3n) is 4.36. The van der Waals surface area contributed by atoms with Crippen LogP contribution in [0.2, 0.25) is 0 Å². The minimum absolute atomic E-state index is 0.438. The molecular weight excluding hydrogens is 281 g/mol. The molecule has 0 atom stereocenters. The summed E-state index contributed by atoms with van der Waals surface area (Å²) in [6, 6.07) is 3.87. The van der Waals surface area contributed by atoms with Crippen LogP contribution in [0.1, 0.15) is 27.7 Å². The Morgan fingerprint density at radius 2 is 1.64 bits per heavy atom. The highest BCUT2D eigenvalue weighted by molar-refractivity contribution is 6.64. The number of hydrogen-bond donors (Lipinski definition) is 0. The Balaban J connectivity index is 2.11. The Kier molecular flexibility index (Phi) is 3.49. The quantitative estimate of drug-likeness (QED) is 0.806. The van der Waals surface area contributed by atoms with E-state index < -0.39 is 18.3 Å². The first kappa shape index (κ1) is 15.1. The van der Waals surface area contributed by atoms with Gasteiger partial charge in [0.05, 0.1) is 23.8 Å². The van der Waals surface area contributed by atoms with Gasteiger partial charge in [0.2, 0.25) is 5.88 Å². The maximum Gasteiger partial charge on any atom is 0.504 e. The van der Waals surface area contributed by atoms with Crippen LogP contribution in [-0.2, 0) is 9.31 Å². The number of methoxy groups -OCH3 is 1. The van der Waals surface area contributed by atoms with E-state index in [0.29, 0.717) is 17.2 Å². The van der Waals surface area contributed by atoms with Crippen LogP contribution in [0.3, 0.4) is 0 Å². The summed E-state index contributed by atoms with van der Waals surface area (Å²) in [6.45, 7) is 8.05. The van der Waals surface area contributed by atoms with Gasteiger partial charge in [-0.2, -0.15) is 0 Å². The van der Waals surface area contributed by atoms with E-state index in [9.17, 15) is 0 Å². The van der Waals surface area contributed by atoms with Gasteiger partial charge in [0.1, 0.15) is 12.1 Å². The fourth-order valence-electron chi connectivity index (χ4n) is 2.38. The summed E-state index contributed by atoms with van der Waals surface area (Å²) in [5, 5.41) is 0. The molecule has 0 aliphatic carbocycles. The standard InChI is InChI=1S/C15H20BN3O3/c1-14(2)15(3,4)22-16(21-14)11-12(19-8-6-7-9-19)17-10-18-13(11)20-5/h6-10H,1-5H3. The van der Waals surface area contributed by atoms with E-state index in [2.05, 4.69) is 9.97 Å². The van der Waals surface area contributed by atoms with Crippen LogP contribution in [0.15, 0.2) is 30.9 Å². The van der Waals surface area contributed by atoms with E-state index in [1.165, 1.54) is 6.33 Å². The fourth-order valence-corrected chi connectivity index (χ4v) is 2.38. The molecule has 0 unspecified atom stereocenters. The van der Waals surface area contributed by atoms with Gasteiger partial charge in [0.15, 0.2) is 0 Å². The molecule has 6 nitrogen and oxygen atoms in total. The second-order valence-corrected chi connectivity index (χ2v) is 6.30. The Hall–Kier alpha value is -1.86. The normalized spacial score (nSPS) is 19.4. The summed E-state index contributed by atoms with van der Waals surface area (Å²) in [5.41, 5.74) is -0.182. The molecule has 0 bridgehead atoms. The van der Waals surface area contributed by atoms with Gasteiger partial charge >= 0.3 is 7.12 Å². The van der Waals surface area contributed by atoms with E-state index in [0.717, 1.165) is 0 Å². The third kappa shape index (κ3) is 2.30. The molecule has 2 aromatic heterocycles. The lowest BCUT2D eigenvalue weighted by atomic mass is 9.79. The highest BCUT2D eigenvalue weighted by atomic mass is 16.7. The van der Waals surface area contributed by atoms with Gasteiger partial charge in [0, 0.05) is 12.4 Å². The van der Waals surface area contributed by atoms with Crippen LogP contribution in [-0.4, -0.2) is 40.0 Å². The minimum atomic E-state index is -0.585. The maximum absolute atomic E-state index is 6.14. The van der Waals surface area contributed by atoms with Crippen molar-refractivity contribution in [1.82, 2.24) is 14.5 Å². The average molecular weight is 301 g/mol. The van der Waals surface area contributed by atoms with Crippen molar-refractivity contribution in [2.45, 2.75) is 38.9 Å². The predicted octanol–water partition coefficient (Wildman–Crippen LogP) is 1.58.